The number of hydrogen-bond donors (Lipinski definition) is 0. The van der Waals surface area contributed by atoms with Gasteiger partial charge in [-0.3, -0.25) is 0 Å². The van der Waals surface area contributed by atoms with Gasteiger partial charge >= 0.3 is 0 Å². The lowest BCUT2D eigenvalue weighted by atomic mass is 9.68. The van der Waals surface area contributed by atoms with Crippen LogP contribution >= 0.6 is 0 Å². The Hall–Kier alpha value is 0. The predicted octanol–water partition coefficient (Wildman–Crippen LogP) is 5.77. The molecule has 2 fully saturated rings. The van der Waals surface area contributed by atoms with E-state index in [0.717, 1.165) is 17.8 Å². The third-order valence-electron chi connectivity index (χ3n) is 5.48. The molecule has 2 aliphatic rings. The van der Waals surface area contributed by atoms with Gasteiger partial charge in [0.1, 0.15) is 0 Å². The zero-order valence-electron chi connectivity index (χ0n) is 12.0. The van der Waals surface area contributed by atoms with Gasteiger partial charge in [-0.2, -0.15) is 0 Å². The van der Waals surface area contributed by atoms with E-state index < -0.39 is 0 Å². The molecule has 99 valence electrons. The summed E-state index contributed by atoms with van der Waals surface area (Å²) in [5.74, 6) is 5.14. The van der Waals surface area contributed by atoms with Crippen LogP contribution in [0.15, 0.2) is 0 Å². The van der Waals surface area contributed by atoms with Crippen molar-refractivity contribution in [2.45, 2.75) is 84.5 Å². The van der Waals surface area contributed by atoms with Crippen molar-refractivity contribution in [3.63, 3.8) is 0 Å². The summed E-state index contributed by atoms with van der Waals surface area (Å²) in [6, 6.07) is 0. The summed E-state index contributed by atoms with van der Waals surface area (Å²) in [5, 5.41) is 0. The van der Waals surface area contributed by atoms with E-state index in [4.69, 9.17) is 0 Å². The minimum absolute atomic E-state index is 1.07. The van der Waals surface area contributed by atoms with E-state index in [0.29, 0.717) is 0 Å². The van der Waals surface area contributed by atoms with Crippen LogP contribution in [0, 0.1) is 23.7 Å². The van der Waals surface area contributed by atoms with Crippen molar-refractivity contribution in [1.82, 2.24) is 0 Å². The first-order chi connectivity index (χ1) is 8.33. The van der Waals surface area contributed by atoms with Crippen LogP contribution < -0.4 is 0 Å². The van der Waals surface area contributed by atoms with Crippen LogP contribution in [0.25, 0.3) is 0 Å². The molecule has 0 spiro atoms. The van der Waals surface area contributed by atoms with Gasteiger partial charge in [0.2, 0.25) is 0 Å². The summed E-state index contributed by atoms with van der Waals surface area (Å²) in [6.45, 7) is 4.70. The van der Waals surface area contributed by atoms with E-state index in [-0.39, 0.29) is 0 Å². The van der Waals surface area contributed by atoms with Gasteiger partial charge in [-0.1, -0.05) is 39.5 Å². The molecular formula is C17H31. The molecule has 0 bridgehead atoms. The molecule has 0 aromatic carbocycles. The van der Waals surface area contributed by atoms with Crippen molar-refractivity contribution in [3.05, 3.63) is 5.92 Å². The Balaban J connectivity index is 1.70. The summed E-state index contributed by atoms with van der Waals surface area (Å²) < 4.78 is 0. The molecule has 2 aliphatic carbocycles. The highest BCUT2D eigenvalue weighted by atomic mass is 14.4. The Morgan fingerprint density at radius 1 is 0.824 bits per heavy atom. The van der Waals surface area contributed by atoms with E-state index in [2.05, 4.69) is 13.8 Å². The third kappa shape index (κ3) is 3.73. The summed E-state index contributed by atoms with van der Waals surface area (Å²) in [4.78, 5) is 0. The molecule has 17 heavy (non-hydrogen) atoms. The van der Waals surface area contributed by atoms with Crippen LogP contribution in [-0.2, 0) is 0 Å². The first kappa shape index (κ1) is 13.4. The van der Waals surface area contributed by atoms with Crippen LogP contribution in [0.5, 0.6) is 0 Å². The highest BCUT2D eigenvalue weighted by Gasteiger charge is 2.30. The van der Waals surface area contributed by atoms with E-state index in [1.165, 1.54) is 57.8 Å². The van der Waals surface area contributed by atoms with Crippen molar-refractivity contribution < 1.29 is 0 Å². The summed E-state index contributed by atoms with van der Waals surface area (Å²) >= 11 is 0. The molecule has 0 N–H and O–H groups in total. The molecule has 0 aromatic heterocycles. The van der Waals surface area contributed by atoms with Crippen molar-refractivity contribution in [1.29, 1.82) is 0 Å². The van der Waals surface area contributed by atoms with Gasteiger partial charge in [0.25, 0.3) is 0 Å². The van der Waals surface area contributed by atoms with Crippen LogP contribution in [-0.4, -0.2) is 0 Å². The van der Waals surface area contributed by atoms with Gasteiger partial charge in [0, 0.05) is 0 Å². The first-order valence-electron chi connectivity index (χ1n) is 8.17. The first-order valence-corrected chi connectivity index (χ1v) is 8.17. The minimum Gasteiger partial charge on any atom is -0.0654 e. The quantitative estimate of drug-likeness (QED) is 0.580. The van der Waals surface area contributed by atoms with E-state index in [9.17, 15) is 0 Å². The number of hydrogen-bond acceptors (Lipinski definition) is 0. The second-order valence-electron chi connectivity index (χ2n) is 6.53. The van der Waals surface area contributed by atoms with Crippen molar-refractivity contribution in [2.75, 3.05) is 0 Å². The van der Waals surface area contributed by atoms with Crippen molar-refractivity contribution in [3.8, 4) is 0 Å². The molecule has 0 heterocycles. The van der Waals surface area contributed by atoms with Crippen LogP contribution in [0.2, 0.25) is 0 Å². The monoisotopic (exact) mass is 235 g/mol. The van der Waals surface area contributed by atoms with E-state index in [1.807, 2.05) is 5.92 Å². The Labute approximate surface area is 109 Å². The lowest BCUT2D eigenvalue weighted by molar-refractivity contribution is 0.169. The Morgan fingerprint density at radius 2 is 1.41 bits per heavy atom. The Kier molecular flexibility index (Phi) is 5.38. The van der Waals surface area contributed by atoms with Gasteiger partial charge < -0.3 is 0 Å². The van der Waals surface area contributed by atoms with Crippen LogP contribution in [0.3, 0.4) is 0 Å². The molecule has 0 saturated heterocycles. The maximum absolute atomic E-state index is 2.37. The Morgan fingerprint density at radius 3 is 1.94 bits per heavy atom. The Bertz CT molecular complexity index is 192. The highest BCUT2D eigenvalue weighted by molar-refractivity contribution is 4.95. The van der Waals surface area contributed by atoms with Crippen LogP contribution in [0.1, 0.15) is 84.5 Å². The molecule has 0 unspecified atom stereocenters. The summed E-state index contributed by atoms with van der Waals surface area (Å²) in [7, 11) is 0. The second-order valence-corrected chi connectivity index (χ2v) is 6.53. The molecule has 0 atom stereocenters. The second kappa shape index (κ2) is 6.81. The minimum atomic E-state index is 1.07. The lowest BCUT2D eigenvalue weighted by Gasteiger charge is -2.37. The van der Waals surface area contributed by atoms with Gasteiger partial charge in [0.05, 0.1) is 0 Å². The van der Waals surface area contributed by atoms with Gasteiger partial charge in [-0.05, 0) is 68.6 Å². The maximum Gasteiger partial charge on any atom is -0.0241 e. The topological polar surface area (TPSA) is 0 Å². The van der Waals surface area contributed by atoms with Crippen molar-refractivity contribution >= 4 is 0 Å². The SMILES string of the molecule is CCC[C]1CCC(C2CCC(CC)CC2)CC1. The smallest absolute Gasteiger partial charge is 0.0241 e. The fourth-order valence-corrected chi connectivity index (χ4v) is 4.19. The molecule has 0 heteroatoms. The molecule has 0 aliphatic heterocycles. The summed E-state index contributed by atoms with van der Waals surface area (Å²) in [5.41, 5.74) is 0. The zero-order chi connectivity index (χ0) is 12.1. The average molecular weight is 235 g/mol. The fourth-order valence-electron chi connectivity index (χ4n) is 4.19. The zero-order valence-corrected chi connectivity index (χ0v) is 12.0. The van der Waals surface area contributed by atoms with Crippen LogP contribution in [0.4, 0.5) is 0 Å². The normalized spacial score (nSPS) is 32.8. The van der Waals surface area contributed by atoms with Crippen molar-refractivity contribution in [2.24, 2.45) is 17.8 Å². The molecular weight excluding hydrogens is 204 g/mol. The average Bonchev–Trinajstić information content (AvgIpc) is 2.40. The molecule has 0 nitrogen and oxygen atoms in total. The van der Waals surface area contributed by atoms with Gasteiger partial charge in [-0.25, -0.2) is 0 Å². The van der Waals surface area contributed by atoms with E-state index in [1.54, 1.807) is 12.8 Å². The maximum atomic E-state index is 2.37. The molecule has 1 radical (unpaired) electrons. The van der Waals surface area contributed by atoms with Gasteiger partial charge in [0.15, 0.2) is 0 Å². The fraction of sp³-hybridized carbons (Fsp3) is 0.941. The predicted molar refractivity (Wildman–Crippen MR) is 75.8 cm³/mol. The van der Waals surface area contributed by atoms with Gasteiger partial charge in [-0.15, -0.1) is 0 Å². The molecule has 0 aromatic rings. The summed E-state index contributed by atoms with van der Waals surface area (Å²) in [6.07, 6.45) is 16.3. The molecule has 0 amide bonds. The largest absolute Gasteiger partial charge is 0.0654 e. The molecule has 2 rings (SSSR count). The third-order valence-corrected chi connectivity index (χ3v) is 5.48. The highest BCUT2D eigenvalue weighted by Crippen LogP contribution is 2.43. The molecule has 2 saturated carbocycles. The number of rotatable bonds is 4. The lowest BCUT2D eigenvalue weighted by Crippen LogP contribution is -2.25. The standard InChI is InChI=1S/C17H31/c1-3-5-15-8-12-17(13-9-15)16-10-6-14(4-2)7-11-16/h14,16-17H,3-13H2,1-2H3. The van der Waals surface area contributed by atoms with E-state index >= 15 is 0 Å².